The lowest BCUT2D eigenvalue weighted by atomic mass is 9.81. The molecule has 1 aromatic carbocycles. The fourth-order valence-electron chi connectivity index (χ4n) is 5.49. The maximum absolute atomic E-state index is 13.2. The number of hydrogen-bond donors (Lipinski definition) is 1. The minimum atomic E-state index is -0.786. The van der Waals surface area contributed by atoms with Crippen molar-refractivity contribution in [1.82, 2.24) is 20.0 Å². The van der Waals surface area contributed by atoms with E-state index in [1.165, 1.54) is 0 Å². The van der Waals surface area contributed by atoms with Crippen LogP contribution in [0.25, 0.3) is 0 Å². The molecule has 1 N–H and O–H groups in total. The third-order valence-electron chi connectivity index (χ3n) is 7.56. The molecule has 1 aromatic rings. The molecule has 2 saturated heterocycles. The van der Waals surface area contributed by atoms with Gasteiger partial charge in [0.1, 0.15) is 12.1 Å². The molecule has 2 heterocycles. The highest BCUT2D eigenvalue weighted by Gasteiger charge is 2.55. The molecule has 1 spiro atoms. The molecular weight excluding hydrogens is 452 g/mol. The number of morpholine rings is 1. The maximum Gasteiger partial charge on any atom is 0.327 e. The predicted octanol–water partition coefficient (Wildman–Crippen LogP) is 1.79. The van der Waals surface area contributed by atoms with Gasteiger partial charge in [-0.05, 0) is 30.5 Å². The third kappa shape index (κ3) is 4.95. The number of carbonyl (C=O) groups excluding carboxylic acids is 3. The van der Waals surface area contributed by atoms with Gasteiger partial charge in [-0.3, -0.25) is 19.4 Å². The Bertz CT molecular complexity index is 942. The molecule has 0 radical (unpaired) electrons. The highest BCUT2D eigenvalue weighted by atomic mass is 16.5. The standard InChI is InChI=1S/C25H36N4O6/c1-27-24(32)29(23(31)25(27)9-5-4-6-10-25)17-22(30)26-16-19(28-11-13-35-14-12-28)18-7-8-20(33-2)21(15-18)34-3/h7-8,15,19H,4-6,9-14,16-17H2,1-3H3,(H,26,30). The monoisotopic (exact) mass is 488 g/mol. The minimum absolute atomic E-state index is 0.125. The molecule has 1 atom stereocenters. The number of ether oxygens (including phenoxy) is 3. The van der Waals surface area contributed by atoms with Crippen molar-refractivity contribution in [3.63, 3.8) is 0 Å². The summed E-state index contributed by atoms with van der Waals surface area (Å²) in [4.78, 5) is 43.9. The molecular formula is C25H36N4O6. The average Bonchev–Trinajstić information content (AvgIpc) is 3.06. The van der Waals surface area contributed by atoms with E-state index in [4.69, 9.17) is 14.2 Å². The Morgan fingerprint density at radius 1 is 1.09 bits per heavy atom. The summed E-state index contributed by atoms with van der Waals surface area (Å²) in [5.41, 5.74) is 0.185. The van der Waals surface area contributed by atoms with E-state index >= 15 is 0 Å². The van der Waals surface area contributed by atoms with Crippen molar-refractivity contribution in [2.45, 2.75) is 43.7 Å². The van der Waals surface area contributed by atoms with Crippen molar-refractivity contribution in [3.8, 4) is 11.5 Å². The van der Waals surface area contributed by atoms with Crippen LogP contribution >= 0.6 is 0 Å². The van der Waals surface area contributed by atoms with Crippen LogP contribution in [0.2, 0.25) is 0 Å². The summed E-state index contributed by atoms with van der Waals surface area (Å²) >= 11 is 0. The number of amides is 4. The smallest absolute Gasteiger partial charge is 0.327 e. The lowest BCUT2D eigenvalue weighted by Crippen LogP contribution is -2.50. The van der Waals surface area contributed by atoms with Crippen LogP contribution in [0.1, 0.15) is 43.7 Å². The maximum atomic E-state index is 13.2. The number of imide groups is 1. The molecule has 2 aliphatic heterocycles. The number of nitrogens with one attached hydrogen (secondary N) is 1. The Hall–Kier alpha value is -2.85. The molecule has 10 heteroatoms. The first-order valence-corrected chi connectivity index (χ1v) is 12.3. The Balaban J connectivity index is 1.45. The topological polar surface area (TPSA) is 101 Å². The molecule has 4 amide bonds. The Morgan fingerprint density at radius 3 is 2.43 bits per heavy atom. The molecule has 3 aliphatic rings. The second kappa shape index (κ2) is 10.8. The molecule has 0 aromatic heterocycles. The first-order chi connectivity index (χ1) is 16.9. The fraction of sp³-hybridized carbons (Fsp3) is 0.640. The number of methoxy groups -OCH3 is 2. The molecule has 4 rings (SSSR count). The fourth-order valence-corrected chi connectivity index (χ4v) is 5.49. The first-order valence-electron chi connectivity index (χ1n) is 12.3. The quantitative estimate of drug-likeness (QED) is 0.557. The number of benzene rings is 1. The van der Waals surface area contributed by atoms with Crippen molar-refractivity contribution in [3.05, 3.63) is 23.8 Å². The van der Waals surface area contributed by atoms with Gasteiger partial charge >= 0.3 is 6.03 Å². The van der Waals surface area contributed by atoms with Gasteiger partial charge in [0.05, 0.1) is 33.5 Å². The molecule has 1 unspecified atom stereocenters. The second-order valence-corrected chi connectivity index (χ2v) is 9.41. The van der Waals surface area contributed by atoms with Crippen LogP contribution in [0, 0.1) is 0 Å². The molecule has 10 nitrogen and oxygen atoms in total. The van der Waals surface area contributed by atoms with Crippen LogP contribution in [0.5, 0.6) is 11.5 Å². The zero-order valence-electron chi connectivity index (χ0n) is 20.9. The second-order valence-electron chi connectivity index (χ2n) is 9.41. The Morgan fingerprint density at radius 2 is 1.77 bits per heavy atom. The molecule has 3 fully saturated rings. The van der Waals surface area contributed by atoms with E-state index < -0.39 is 11.6 Å². The largest absolute Gasteiger partial charge is 0.493 e. The number of hydrogen-bond acceptors (Lipinski definition) is 7. The van der Waals surface area contributed by atoms with E-state index in [1.54, 1.807) is 26.2 Å². The van der Waals surface area contributed by atoms with Gasteiger partial charge in [0.2, 0.25) is 5.91 Å². The average molecular weight is 489 g/mol. The van der Waals surface area contributed by atoms with E-state index in [2.05, 4.69) is 10.2 Å². The van der Waals surface area contributed by atoms with Crippen LogP contribution in [0.15, 0.2) is 18.2 Å². The van der Waals surface area contributed by atoms with E-state index in [-0.39, 0.29) is 24.4 Å². The van der Waals surface area contributed by atoms with Gasteiger partial charge in [0.15, 0.2) is 11.5 Å². The van der Waals surface area contributed by atoms with Crippen molar-refractivity contribution in [2.75, 3.05) is 60.7 Å². The highest BCUT2D eigenvalue weighted by Crippen LogP contribution is 2.39. The van der Waals surface area contributed by atoms with E-state index in [1.807, 2.05) is 18.2 Å². The van der Waals surface area contributed by atoms with E-state index in [0.717, 1.165) is 42.8 Å². The zero-order valence-corrected chi connectivity index (χ0v) is 20.9. The lowest BCUT2D eigenvalue weighted by molar-refractivity contribution is -0.137. The van der Waals surface area contributed by atoms with Gasteiger partial charge in [-0.1, -0.05) is 25.3 Å². The molecule has 0 bridgehead atoms. The summed E-state index contributed by atoms with van der Waals surface area (Å²) in [6.45, 7) is 2.74. The van der Waals surface area contributed by atoms with Crippen LogP contribution in [-0.4, -0.2) is 98.7 Å². The SMILES string of the molecule is COc1ccc(C(CNC(=O)CN2C(=O)N(C)C3(CCCCC3)C2=O)N2CCOCC2)cc1OC. The number of nitrogens with zero attached hydrogens (tertiary/aromatic N) is 3. The van der Waals surface area contributed by atoms with Crippen molar-refractivity contribution in [2.24, 2.45) is 0 Å². The molecule has 192 valence electrons. The first kappa shape index (κ1) is 25.2. The van der Waals surface area contributed by atoms with Gasteiger partial charge in [0.25, 0.3) is 5.91 Å². The summed E-state index contributed by atoms with van der Waals surface area (Å²) in [5, 5.41) is 2.96. The third-order valence-corrected chi connectivity index (χ3v) is 7.56. The van der Waals surface area contributed by atoms with Crippen LogP contribution in [0.3, 0.4) is 0 Å². The lowest BCUT2D eigenvalue weighted by Gasteiger charge is -2.36. The number of carbonyl (C=O) groups is 3. The van der Waals surface area contributed by atoms with Gasteiger partial charge in [-0.2, -0.15) is 0 Å². The zero-order chi connectivity index (χ0) is 25.0. The van der Waals surface area contributed by atoms with E-state index in [9.17, 15) is 14.4 Å². The summed E-state index contributed by atoms with van der Waals surface area (Å²) in [7, 11) is 4.86. The van der Waals surface area contributed by atoms with Crippen molar-refractivity contribution >= 4 is 17.8 Å². The Labute approximate surface area is 206 Å². The highest BCUT2D eigenvalue weighted by molar-refractivity contribution is 6.08. The molecule has 1 saturated carbocycles. The van der Waals surface area contributed by atoms with Gasteiger partial charge in [-0.25, -0.2) is 4.79 Å². The molecule has 35 heavy (non-hydrogen) atoms. The van der Waals surface area contributed by atoms with Gasteiger partial charge < -0.3 is 24.4 Å². The summed E-state index contributed by atoms with van der Waals surface area (Å²) < 4.78 is 16.3. The van der Waals surface area contributed by atoms with Gasteiger partial charge in [-0.15, -0.1) is 0 Å². The van der Waals surface area contributed by atoms with Crippen molar-refractivity contribution < 1.29 is 28.6 Å². The van der Waals surface area contributed by atoms with Crippen molar-refractivity contribution in [1.29, 1.82) is 0 Å². The van der Waals surface area contributed by atoms with Gasteiger partial charge in [0, 0.05) is 26.7 Å². The number of urea groups is 1. The number of likely N-dealkylation sites (N-methyl/N-ethyl adjacent to an activating group) is 1. The summed E-state index contributed by atoms with van der Waals surface area (Å²) in [6, 6.07) is 5.21. The number of rotatable bonds is 8. The van der Waals surface area contributed by atoms with Crippen LogP contribution in [0.4, 0.5) is 4.79 Å². The van der Waals surface area contributed by atoms with Crippen LogP contribution < -0.4 is 14.8 Å². The molecule has 1 aliphatic carbocycles. The summed E-state index contributed by atoms with van der Waals surface area (Å²) in [6.07, 6.45) is 4.21. The van der Waals surface area contributed by atoms with E-state index in [0.29, 0.717) is 44.1 Å². The Kier molecular flexibility index (Phi) is 7.81. The minimum Gasteiger partial charge on any atom is -0.493 e. The predicted molar refractivity (Wildman–Crippen MR) is 128 cm³/mol. The summed E-state index contributed by atoms with van der Waals surface area (Å²) in [5.74, 6) is 0.646. The van der Waals surface area contributed by atoms with Crippen LogP contribution in [-0.2, 0) is 14.3 Å². The normalized spacial score (nSPS) is 21.3.